The maximum atomic E-state index is 12.8. The molecule has 0 aliphatic carbocycles. The zero-order valence-corrected chi connectivity index (χ0v) is 19.1. The fourth-order valence-corrected chi connectivity index (χ4v) is 3.84. The van der Waals surface area contributed by atoms with Gasteiger partial charge < -0.3 is 10.2 Å². The van der Waals surface area contributed by atoms with E-state index in [4.69, 9.17) is 0 Å². The van der Waals surface area contributed by atoms with E-state index in [2.05, 4.69) is 5.32 Å². The zero-order valence-electron chi connectivity index (χ0n) is 19.1. The van der Waals surface area contributed by atoms with Crippen molar-refractivity contribution < 1.29 is 22.8 Å². The van der Waals surface area contributed by atoms with Gasteiger partial charge in [-0.3, -0.25) is 18.7 Å². The second kappa shape index (κ2) is 10.6. The van der Waals surface area contributed by atoms with E-state index >= 15 is 0 Å². The van der Waals surface area contributed by atoms with Crippen molar-refractivity contribution in [3.8, 4) is 0 Å². The molecular formula is C24H27F3N4O3. The summed E-state index contributed by atoms with van der Waals surface area (Å²) in [5.74, 6) is -2.24. The Labute approximate surface area is 194 Å². The standard InChI is InChI=1S/C24H27F3N4O3/c1-3-13-30-19-10-5-6-11-20(19)31(23(30)34)14-12-21(32)28-18-9-7-8-17(15-18)16-29(4-2)22(33)24(25,26)27/h5-11,15H,3-4,12-14,16H2,1-2H3,(H,28,32). The minimum Gasteiger partial charge on any atom is -0.331 e. The highest BCUT2D eigenvalue weighted by Gasteiger charge is 2.41. The summed E-state index contributed by atoms with van der Waals surface area (Å²) in [6, 6.07) is 13.7. The van der Waals surface area contributed by atoms with Crippen LogP contribution in [0.3, 0.4) is 0 Å². The van der Waals surface area contributed by atoms with Crippen molar-refractivity contribution in [3.05, 3.63) is 64.6 Å². The Balaban J connectivity index is 1.68. The van der Waals surface area contributed by atoms with Gasteiger partial charge in [-0.05, 0) is 43.2 Å². The molecule has 0 aliphatic heterocycles. The maximum Gasteiger partial charge on any atom is 0.471 e. The predicted octanol–water partition coefficient (Wildman–Crippen LogP) is 4.15. The van der Waals surface area contributed by atoms with Crippen LogP contribution in [0.15, 0.2) is 53.3 Å². The van der Waals surface area contributed by atoms with E-state index in [1.807, 2.05) is 31.2 Å². The van der Waals surface area contributed by atoms with Crippen molar-refractivity contribution in [3.63, 3.8) is 0 Å². The van der Waals surface area contributed by atoms with Crippen molar-refractivity contribution in [1.82, 2.24) is 14.0 Å². The molecule has 0 saturated carbocycles. The molecule has 0 fully saturated rings. The Morgan fingerprint density at radius 2 is 1.62 bits per heavy atom. The SMILES string of the molecule is CCCn1c(=O)n(CCC(=O)Nc2cccc(CN(CC)C(=O)C(F)(F)F)c2)c2ccccc21. The van der Waals surface area contributed by atoms with Gasteiger partial charge in [0.25, 0.3) is 0 Å². The van der Waals surface area contributed by atoms with Crippen LogP contribution in [0, 0.1) is 0 Å². The largest absolute Gasteiger partial charge is 0.471 e. The number of carbonyl (C=O) groups is 2. The number of nitrogens with one attached hydrogen (secondary N) is 1. The second-order valence-electron chi connectivity index (χ2n) is 7.89. The number of aromatic nitrogens is 2. The molecule has 2 amide bonds. The van der Waals surface area contributed by atoms with Gasteiger partial charge in [0.05, 0.1) is 11.0 Å². The Bertz CT molecular complexity index is 1230. The number of halogens is 3. The molecule has 3 rings (SSSR count). The van der Waals surface area contributed by atoms with Crippen LogP contribution in [0.25, 0.3) is 11.0 Å². The summed E-state index contributed by atoms with van der Waals surface area (Å²) < 4.78 is 41.5. The molecule has 0 unspecified atom stereocenters. The zero-order chi connectivity index (χ0) is 24.9. The van der Waals surface area contributed by atoms with E-state index in [1.165, 1.54) is 13.0 Å². The molecule has 1 N–H and O–H groups in total. The molecule has 0 atom stereocenters. The smallest absolute Gasteiger partial charge is 0.331 e. The van der Waals surface area contributed by atoms with Crippen molar-refractivity contribution >= 4 is 28.5 Å². The molecule has 0 spiro atoms. The van der Waals surface area contributed by atoms with E-state index in [9.17, 15) is 27.6 Å². The Kier molecular flexibility index (Phi) is 7.80. The molecule has 182 valence electrons. The van der Waals surface area contributed by atoms with Gasteiger partial charge in [-0.15, -0.1) is 0 Å². The van der Waals surface area contributed by atoms with E-state index < -0.39 is 12.1 Å². The van der Waals surface area contributed by atoms with Crippen LogP contribution < -0.4 is 11.0 Å². The molecule has 1 heterocycles. The molecule has 0 bridgehead atoms. The van der Waals surface area contributed by atoms with Gasteiger partial charge in [0, 0.05) is 38.3 Å². The normalized spacial score (nSPS) is 11.6. The molecule has 0 radical (unpaired) electrons. The number of carbonyl (C=O) groups excluding carboxylic acids is 2. The van der Waals surface area contributed by atoms with E-state index in [0.717, 1.165) is 17.5 Å². The van der Waals surface area contributed by atoms with Crippen LogP contribution in [0.1, 0.15) is 32.3 Å². The number of fused-ring (bicyclic) bond motifs is 1. The number of para-hydroxylation sites is 2. The molecule has 1 aromatic heterocycles. The first-order valence-electron chi connectivity index (χ1n) is 11.1. The fraction of sp³-hybridized carbons (Fsp3) is 0.375. The minimum absolute atomic E-state index is 0.0396. The number of nitrogens with zero attached hydrogens (tertiary/aromatic N) is 3. The van der Waals surface area contributed by atoms with Gasteiger partial charge in [0.2, 0.25) is 5.91 Å². The number of aryl methyl sites for hydroxylation is 2. The highest BCUT2D eigenvalue weighted by Crippen LogP contribution is 2.21. The number of alkyl halides is 3. The number of amides is 2. The molecule has 0 aliphatic rings. The maximum absolute atomic E-state index is 12.8. The third kappa shape index (κ3) is 5.67. The van der Waals surface area contributed by atoms with Gasteiger partial charge in [0.15, 0.2) is 0 Å². The van der Waals surface area contributed by atoms with Crippen LogP contribution in [0.5, 0.6) is 0 Å². The number of imidazole rings is 1. The Hall–Kier alpha value is -3.56. The first-order valence-corrected chi connectivity index (χ1v) is 11.1. The third-order valence-corrected chi connectivity index (χ3v) is 5.43. The van der Waals surface area contributed by atoms with Gasteiger partial charge >= 0.3 is 17.8 Å². The molecule has 34 heavy (non-hydrogen) atoms. The summed E-state index contributed by atoms with van der Waals surface area (Å²) in [4.78, 5) is 37.6. The summed E-state index contributed by atoms with van der Waals surface area (Å²) in [5, 5.41) is 2.72. The lowest BCUT2D eigenvalue weighted by molar-refractivity contribution is -0.185. The number of anilines is 1. The topological polar surface area (TPSA) is 76.3 Å². The van der Waals surface area contributed by atoms with E-state index in [0.29, 0.717) is 22.7 Å². The average Bonchev–Trinajstić information content (AvgIpc) is 3.06. The van der Waals surface area contributed by atoms with Crippen LogP contribution in [0.4, 0.5) is 18.9 Å². The Morgan fingerprint density at radius 1 is 0.971 bits per heavy atom. The number of hydrogen-bond acceptors (Lipinski definition) is 3. The highest BCUT2D eigenvalue weighted by molar-refractivity contribution is 5.91. The molecule has 0 saturated heterocycles. The van der Waals surface area contributed by atoms with E-state index in [-0.39, 0.29) is 37.7 Å². The van der Waals surface area contributed by atoms with Crippen LogP contribution >= 0.6 is 0 Å². The minimum atomic E-state index is -4.94. The molecule has 10 heteroatoms. The average molecular weight is 476 g/mol. The fourth-order valence-electron chi connectivity index (χ4n) is 3.84. The Morgan fingerprint density at radius 3 is 2.21 bits per heavy atom. The van der Waals surface area contributed by atoms with Crippen molar-refractivity contribution in [2.24, 2.45) is 0 Å². The predicted molar refractivity (Wildman–Crippen MR) is 123 cm³/mol. The lowest BCUT2D eigenvalue weighted by Crippen LogP contribution is -2.40. The third-order valence-electron chi connectivity index (χ3n) is 5.43. The van der Waals surface area contributed by atoms with E-state index in [1.54, 1.807) is 27.3 Å². The van der Waals surface area contributed by atoms with Gasteiger partial charge in [-0.25, -0.2) is 4.79 Å². The number of rotatable bonds is 9. The number of hydrogen-bond donors (Lipinski definition) is 1. The van der Waals surface area contributed by atoms with Crippen LogP contribution in [0.2, 0.25) is 0 Å². The second-order valence-corrected chi connectivity index (χ2v) is 7.89. The lowest BCUT2D eigenvalue weighted by atomic mass is 10.1. The number of benzene rings is 2. The first kappa shape index (κ1) is 25.1. The quantitative estimate of drug-likeness (QED) is 0.504. The monoisotopic (exact) mass is 476 g/mol. The molecule has 3 aromatic rings. The summed E-state index contributed by atoms with van der Waals surface area (Å²) in [7, 11) is 0. The van der Waals surface area contributed by atoms with Crippen molar-refractivity contribution in [2.75, 3.05) is 11.9 Å². The summed E-state index contributed by atoms with van der Waals surface area (Å²) in [6.07, 6.45) is -4.10. The molecular weight excluding hydrogens is 449 g/mol. The summed E-state index contributed by atoms with van der Waals surface area (Å²) in [5.41, 5.74) is 2.25. The highest BCUT2D eigenvalue weighted by atomic mass is 19.4. The summed E-state index contributed by atoms with van der Waals surface area (Å²) >= 11 is 0. The van der Waals surface area contributed by atoms with Gasteiger partial charge in [-0.1, -0.05) is 31.2 Å². The van der Waals surface area contributed by atoms with Crippen LogP contribution in [-0.4, -0.2) is 38.6 Å². The van der Waals surface area contributed by atoms with Gasteiger partial charge in [-0.2, -0.15) is 13.2 Å². The van der Waals surface area contributed by atoms with Crippen molar-refractivity contribution in [2.45, 2.75) is 52.5 Å². The van der Waals surface area contributed by atoms with Gasteiger partial charge in [0.1, 0.15) is 0 Å². The first-order chi connectivity index (χ1) is 16.2. The van der Waals surface area contributed by atoms with Crippen LogP contribution in [-0.2, 0) is 29.2 Å². The molecule has 2 aromatic carbocycles. The lowest BCUT2D eigenvalue weighted by Gasteiger charge is -2.22. The summed E-state index contributed by atoms with van der Waals surface area (Å²) in [6.45, 7) is 3.88. The molecule has 7 nitrogen and oxygen atoms in total. The van der Waals surface area contributed by atoms with Crippen molar-refractivity contribution in [1.29, 1.82) is 0 Å².